The van der Waals surface area contributed by atoms with Crippen molar-refractivity contribution in [3.8, 4) is 17.2 Å². The predicted octanol–water partition coefficient (Wildman–Crippen LogP) is 0.901. The molecule has 3 fully saturated rings. The van der Waals surface area contributed by atoms with E-state index >= 15 is 0 Å². The van der Waals surface area contributed by atoms with Crippen LogP contribution in [0.15, 0.2) is 68.9 Å². The van der Waals surface area contributed by atoms with Crippen molar-refractivity contribution >= 4 is 142 Å². The Labute approximate surface area is 829 Å². The van der Waals surface area contributed by atoms with E-state index in [0.29, 0.717) is 55.0 Å². The van der Waals surface area contributed by atoms with Crippen molar-refractivity contribution in [2.24, 2.45) is 80.4 Å². The minimum absolute atomic E-state index is 0. The number of carboxylic acids is 1. The molecule has 9 aliphatic carbocycles. The second-order valence-corrected chi connectivity index (χ2v) is 40.5. The van der Waals surface area contributed by atoms with Crippen molar-refractivity contribution < 1.29 is 168 Å². The van der Waals surface area contributed by atoms with E-state index in [1.54, 1.807) is 53.3 Å². The van der Waals surface area contributed by atoms with Gasteiger partial charge in [-0.15, -0.1) is 0 Å². The number of likely N-dealkylation sites (N-methyl/N-ethyl adjacent to an activating group) is 3. The first-order valence-electron chi connectivity index (χ1n) is 42.6. The third-order valence-corrected chi connectivity index (χ3v) is 25.4. The number of phenolic OH excluding ortho intramolecular Hbond substituents is 3. The number of aldehydes is 1. The number of fused-ring (bicyclic) bond motifs is 9. The summed E-state index contributed by atoms with van der Waals surface area (Å²) in [6.45, 7) is 23.9. The van der Waals surface area contributed by atoms with Crippen LogP contribution in [0.1, 0.15) is 172 Å². The van der Waals surface area contributed by atoms with Crippen LogP contribution in [0, 0.1) is 55.3 Å². The Bertz CT molecular complexity index is 5410. The number of carbonyl (C=O) groups excluding carboxylic acids is 13. The number of ketones is 6. The van der Waals surface area contributed by atoms with Crippen molar-refractivity contribution in [2.75, 3.05) is 112 Å². The van der Waals surface area contributed by atoms with E-state index in [9.17, 15) is 119 Å². The zero-order valence-corrected chi connectivity index (χ0v) is 85.4. The molecule has 0 heterocycles. The number of hydrogen-bond donors (Lipinski definition) is 17. The molecule has 3 saturated carbocycles. The van der Waals surface area contributed by atoms with Gasteiger partial charge in [-0.05, 0) is 217 Å². The maximum atomic E-state index is 14.1. The number of aromatic hydroxyl groups is 3. The van der Waals surface area contributed by atoms with E-state index in [0.717, 1.165) is 58.1 Å². The molecule has 0 spiro atoms. The van der Waals surface area contributed by atoms with Crippen molar-refractivity contribution in [1.29, 1.82) is 0 Å². The first-order valence-corrected chi connectivity index (χ1v) is 43.7. The number of halogens is 1. The van der Waals surface area contributed by atoms with Crippen molar-refractivity contribution in [3.63, 3.8) is 0 Å². The number of aliphatic hydroxyl groups is 9. The Hall–Kier alpha value is -10.3. The number of carboxylic acid groups (broad SMARTS) is 1. The number of aryl methyl sites for hydroxylation is 1. The molecule has 0 bridgehead atoms. The molecule has 22 N–H and O–H groups in total. The summed E-state index contributed by atoms with van der Waals surface area (Å²) in [4.78, 5) is 175. The average Bonchev–Trinajstić information content (AvgIpc) is 0.704. The molecule has 9 aliphatic rings. The van der Waals surface area contributed by atoms with Gasteiger partial charge in [0, 0.05) is 122 Å². The summed E-state index contributed by atoms with van der Waals surface area (Å²) >= 11 is 1.92. The fourth-order valence-electron chi connectivity index (χ4n) is 18.3. The van der Waals surface area contributed by atoms with Crippen molar-refractivity contribution in [2.45, 2.75) is 183 Å². The van der Waals surface area contributed by atoms with Gasteiger partial charge in [0.2, 0.25) is 17.3 Å². The first-order chi connectivity index (χ1) is 60.9. The van der Waals surface area contributed by atoms with Gasteiger partial charge in [0.1, 0.15) is 68.5 Å². The number of Topliss-reactive ketones (excluding diaryl/α,β-unsaturated/α-hetero) is 6. The summed E-state index contributed by atoms with van der Waals surface area (Å²) in [7, 11) is 20.2. The van der Waals surface area contributed by atoms with Gasteiger partial charge in [-0.25, -0.2) is 19.4 Å². The molecule has 743 valence electrons. The maximum Gasteiger partial charge on any atom is 1.00 e. The molecule has 136 heavy (non-hydrogen) atoms. The number of primary amides is 3. The quantitative estimate of drug-likeness (QED) is 0.0282. The fraction of sp³-hybridized carbons (Fsp3) is 0.543. The Morgan fingerprint density at radius 1 is 0.471 bits per heavy atom. The Morgan fingerprint density at radius 2 is 0.728 bits per heavy atom. The first kappa shape index (κ1) is 120. The molecule has 3 amide bonds. The van der Waals surface area contributed by atoms with E-state index < -0.39 is 198 Å². The van der Waals surface area contributed by atoms with Crippen molar-refractivity contribution in [3.05, 3.63) is 117 Å². The van der Waals surface area contributed by atoms with Gasteiger partial charge in [-0.3, -0.25) is 62.6 Å². The number of aliphatic carboxylic acids is 1. The van der Waals surface area contributed by atoms with Crippen LogP contribution in [0.3, 0.4) is 0 Å². The molecule has 0 aromatic heterocycles. The number of phenols is 3. The summed E-state index contributed by atoms with van der Waals surface area (Å²) in [6, 6.07) is 1.80. The number of rotatable bonds is 13. The predicted molar refractivity (Wildman–Crippen MR) is 510 cm³/mol. The molecular formula is C94H133BIN11NaO28. The van der Waals surface area contributed by atoms with Crippen LogP contribution >= 0.6 is 22.6 Å². The maximum absolute atomic E-state index is 14.1. The molecule has 12 rings (SSSR count). The second kappa shape index (κ2) is 45.5. The van der Waals surface area contributed by atoms with Gasteiger partial charge in [0.25, 0.3) is 17.7 Å². The number of hydrogen-bond acceptors (Lipinski definition) is 36. The topological polar surface area (TPSA) is 656 Å². The zero-order valence-electron chi connectivity index (χ0n) is 81.2. The summed E-state index contributed by atoms with van der Waals surface area (Å²) in [5.41, 5.74) is 20.8. The van der Waals surface area contributed by atoms with Crippen LogP contribution in [0.25, 0.3) is 17.3 Å². The average molecular weight is 2030 g/mol. The van der Waals surface area contributed by atoms with Gasteiger partial charge in [-0.1, -0.05) is 69.7 Å². The van der Waals surface area contributed by atoms with Crippen LogP contribution in [-0.4, -0.2) is 294 Å². The van der Waals surface area contributed by atoms with E-state index in [4.69, 9.17) is 38.6 Å². The monoisotopic (exact) mass is 2020 g/mol. The SMILES string of the molecule is C.CC(=O)OOC(C)=O.CC(=O)[O-].CC(C)(C)CN.CC(C)(C)CN.CN(C)c1cc(C=O)c(O)c2c1C[C@H]1C[C@H]3[C@H](N(C)C)C(=O)C(C(N)=O)=C(O)[C@@]3(O)C(=O)C1=C2O.CN(C)c1cc(CCCC(C)(C)C)c(O)c2c1C[C@H]1C[C@H]3[C@H](N(C)C)C(=O)C(C(N)=O)=C(O)[C@@]3(O)C(=O)C1=C2O.CN(C)c1cc(I)c(O)c2c1C[C@H]1C[C@H]3[C@H](N(C)C)C(=O)C(C(N)=O)=C(O)[C@@]3(O)C(=O)C1=C2O.[B].[Na+]. The third kappa shape index (κ3) is 23.8. The largest absolute Gasteiger partial charge is 1.00 e. The molecule has 3 radical (unpaired) electrons. The van der Waals surface area contributed by atoms with E-state index in [2.05, 4.69) is 72.1 Å². The number of nitrogens with two attached hydrogens (primary N) is 5. The normalized spacial score (nSPS) is 23.9. The molecule has 42 heteroatoms. The molecule has 3 aromatic carbocycles. The van der Waals surface area contributed by atoms with Gasteiger partial charge in [-0.2, -0.15) is 0 Å². The van der Waals surface area contributed by atoms with E-state index in [1.165, 1.54) is 34.9 Å². The number of amides is 3. The third-order valence-electron chi connectivity index (χ3n) is 24.6. The molecule has 0 saturated heterocycles. The van der Waals surface area contributed by atoms with Crippen LogP contribution in [0.4, 0.5) is 17.1 Å². The Balaban J connectivity index is 0.000000463. The van der Waals surface area contributed by atoms with Crippen LogP contribution in [0.2, 0.25) is 0 Å². The summed E-state index contributed by atoms with van der Waals surface area (Å²) in [6.07, 6.45) is 3.48. The van der Waals surface area contributed by atoms with Gasteiger partial charge in [0.05, 0.1) is 43.9 Å². The summed E-state index contributed by atoms with van der Waals surface area (Å²) < 4.78 is 0.459. The van der Waals surface area contributed by atoms with Crippen LogP contribution < -0.4 is 78.0 Å². The number of anilines is 3. The Kier molecular flexibility index (Phi) is 40.1. The molecule has 39 nitrogen and oxygen atoms in total. The number of aliphatic hydroxyl groups excluding tert-OH is 6. The van der Waals surface area contributed by atoms with Crippen molar-refractivity contribution in [1.82, 2.24) is 14.7 Å². The molecule has 0 unspecified atom stereocenters. The minimum Gasteiger partial charge on any atom is -0.550 e. The second-order valence-electron chi connectivity index (χ2n) is 39.3. The molecule has 3 aromatic rings. The number of nitrogens with zero attached hydrogens (tertiary/aromatic N) is 6. The van der Waals surface area contributed by atoms with Gasteiger partial charge >= 0.3 is 41.5 Å². The minimum atomic E-state index is -2.70. The molecule has 0 aliphatic heterocycles. The number of carbonyl (C=O) groups is 13. The smallest absolute Gasteiger partial charge is 0.550 e. The number of benzene rings is 3. The van der Waals surface area contributed by atoms with Crippen LogP contribution in [-0.2, 0) is 93.0 Å². The fourth-order valence-corrected chi connectivity index (χ4v) is 18.9. The Morgan fingerprint density at radius 3 is 0.963 bits per heavy atom. The van der Waals surface area contributed by atoms with Gasteiger partial charge in [0.15, 0.2) is 40.4 Å². The standard InChI is InChI=1S/C30H41N3O7.C24H27N3O8.C23H26IN3O7.2C5H13N.C4H6O4.C2H4O2.CH4.B.Na/c1-29(2,3)10-8-9-14-13-18(32(4)5)16-11-15-12-17-22(33(6)7)25(36)21(28(31)39)27(38)30(17,40)26(37)19(15)24(35)20(16)23(14)34;1-26(2)13-7-10(8-28)18(29)15-11(13)5-9-6-12-17(27(3)4)20(31)16(23(25)34)22(33)24(12,35)21(32)14(9)19(15)30;1-26(2)12-7-11(24)17(28)14-9(12)5-8-6-10-16(27(3)4)19(30)15(22(25)33)21(32)23(10,34)20(31)13(8)18(14)29;2*1-5(2,3)4-6;1-3(5)7-8-4(2)6;1-2(3)4;;;/h13,15,17,22,34-35,38,40H,8-12H2,1-7H3,(H2,31,39);7-9,12,17,29-30,33,35H,5-6H2,1-4H3,(H2,25,34);7-8,10,16,28-29,32,34H,5-6H2,1-4H3,(H2,25,33);2*4,6H2,1-3H3;1-2H3;1H3,(H,3,4);1H4;;/q;;;;;;;;;+1/p-1/t15-,17-,22-,30-;9-,12-,17-,24-;8-,10-,16-,23-;;;;;;;/m000......./s1. The van der Waals surface area contributed by atoms with Gasteiger partial charge < -0.3 is 115 Å². The molecular weight excluding hydrogens is 1890 g/mol. The van der Waals surface area contributed by atoms with E-state index in [-0.39, 0.29) is 140 Å². The summed E-state index contributed by atoms with van der Waals surface area (Å²) in [5, 5.41) is 143. The zero-order chi connectivity index (χ0) is 102. The summed E-state index contributed by atoms with van der Waals surface area (Å²) in [5.74, 6) is -22.6. The molecule has 12 atom stereocenters. The van der Waals surface area contributed by atoms with E-state index in [1.807, 2.05) is 66.6 Å². The van der Waals surface area contributed by atoms with Crippen LogP contribution in [0.5, 0.6) is 17.2 Å².